The molecule has 88 valence electrons. The van der Waals surface area contributed by atoms with E-state index in [4.69, 9.17) is 5.73 Å². The van der Waals surface area contributed by atoms with Crippen LogP contribution in [0.2, 0.25) is 0 Å². The Morgan fingerprint density at radius 2 is 2.00 bits per heavy atom. The molecule has 2 rings (SSSR count). The van der Waals surface area contributed by atoms with Crippen molar-refractivity contribution < 1.29 is 0 Å². The molecule has 2 N–H and O–H groups in total. The summed E-state index contributed by atoms with van der Waals surface area (Å²) in [5.74, 6) is 1.84. The summed E-state index contributed by atoms with van der Waals surface area (Å²) < 4.78 is 0. The lowest BCUT2D eigenvalue weighted by Crippen LogP contribution is -2.22. The van der Waals surface area contributed by atoms with Crippen molar-refractivity contribution >= 4 is 11.8 Å². The molecule has 0 bridgehead atoms. The normalized spacial score (nSPS) is 28.1. The van der Waals surface area contributed by atoms with Gasteiger partial charge < -0.3 is 5.73 Å². The SMILES string of the molecule is CCCC1CC1(N)c1ccc(SCC)cc1. The van der Waals surface area contributed by atoms with Gasteiger partial charge in [0.25, 0.3) is 0 Å². The summed E-state index contributed by atoms with van der Waals surface area (Å²) in [6.45, 7) is 4.42. The summed E-state index contributed by atoms with van der Waals surface area (Å²) in [6.07, 6.45) is 3.68. The first-order valence-electron chi connectivity index (χ1n) is 6.23. The molecule has 1 aliphatic rings. The third-order valence-electron chi connectivity index (χ3n) is 3.49. The van der Waals surface area contributed by atoms with E-state index < -0.39 is 0 Å². The molecule has 16 heavy (non-hydrogen) atoms. The van der Waals surface area contributed by atoms with Gasteiger partial charge >= 0.3 is 0 Å². The van der Waals surface area contributed by atoms with Gasteiger partial charge in [-0.15, -0.1) is 11.8 Å². The second-order valence-electron chi connectivity index (χ2n) is 4.69. The van der Waals surface area contributed by atoms with Crippen LogP contribution in [0.25, 0.3) is 0 Å². The van der Waals surface area contributed by atoms with Gasteiger partial charge in [-0.05, 0) is 42.2 Å². The summed E-state index contributed by atoms with van der Waals surface area (Å²) in [5.41, 5.74) is 7.73. The van der Waals surface area contributed by atoms with Crippen LogP contribution >= 0.6 is 11.8 Å². The van der Waals surface area contributed by atoms with E-state index in [9.17, 15) is 0 Å². The van der Waals surface area contributed by atoms with Gasteiger partial charge in [0.1, 0.15) is 0 Å². The zero-order valence-electron chi connectivity index (χ0n) is 10.2. The standard InChI is InChI=1S/C14H21NS/c1-3-5-12-10-14(12,15)11-6-8-13(9-7-11)16-4-2/h6-9,12H,3-5,10,15H2,1-2H3. The van der Waals surface area contributed by atoms with Crippen molar-refractivity contribution in [1.29, 1.82) is 0 Å². The van der Waals surface area contributed by atoms with Gasteiger partial charge in [-0.25, -0.2) is 0 Å². The van der Waals surface area contributed by atoms with Gasteiger partial charge in [0.15, 0.2) is 0 Å². The van der Waals surface area contributed by atoms with Crippen LogP contribution in [0.15, 0.2) is 29.2 Å². The molecule has 1 fully saturated rings. The molecule has 0 heterocycles. The predicted octanol–water partition coefficient (Wildman–Crippen LogP) is 3.77. The van der Waals surface area contributed by atoms with E-state index in [0.717, 1.165) is 5.75 Å². The summed E-state index contributed by atoms with van der Waals surface area (Å²) in [7, 11) is 0. The zero-order chi connectivity index (χ0) is 11.6. The van der Waals surface area contributed by atoms with E-state index in [1.54, 1.807) is 0 Å². The van der Waals surface area contributed by atoms with E-state index in [-0.39, 0.29) is 5.54 Å². The maximum atomic E-state index is 6.42. The van der Waals surface area contributed by atoms with Crippen LogP contribution in [-0.2, 0) is 5.54 Å². The van der Waals surface area contributed by atoms with Gasteiger partial charge in [0.2, 0.25) is 0 Å². The highest BCUT2D eigenvalue weighted by Crippen LogP contribution is 2.52. The van der Waals surface area contributed by atoms with Crippen molar-refractivity contribution in [3.05, 3.63) is 29.8 Å². The van der Waals surface area contributed by atoms with Gasteiger partial charge in [-0.3, -0.25) is 0 Å². The average molecular weight is 235 g/mol. The zero-order valence-corrected chi connectivity index (χ0v) is 11.0. The third kappa shape index (κ3) is 2.28. The van der Waals surface area contributed by atoms with Crippen LogP contribution in [0.1, 0.15) is 38.7 Å². The minimum absolute atomic E-state index is 0.00851. The summed E-state index contributed by atoms with van der Waals surface area (Å²) >= 11 is 1.89. The lowest BCUT2D eigenvalue weighted by molar-refractivity contribution is 0.583. The fourth-order valence-electron chi connectivity index (χ4n) is 2.44. The van der Waals surface area contributed by atoms with Gasteiger partial charge in [-0.2, -0.15) is 0 Å². The fraction of sp³-hybridized carbons (Fsp3) is 0.571. The monoisotopic (exact) mass is 235 g/mol. The lowest BCUT2D eigenvalue weighted by atomic mass is 10.0. The van der Waals surface area contributed by atoms with E-state index in [0.29, 0.717) is 5.92 Å². The molecule has 1 aliphatic carbocycles. The highest BCUT2D eigenvalue weighted by Gasteiger charge is 2.50. The van der Waals surface area contributed by atoms with Crippen LogP contribution in [0, 0.1) is 5.92 Å². The Morgan fingerprint density at radius 1 is 1.31 bits per heavy atom. The first-order valence-corrected chi connectivity index (χ1v) is 7.21. The highest BCUT2D eigenvalue weighted by molar-refractivity contribution is 7.99. The molecule has 2 unspecified atom stereocenters. The fourth-order valence-corrected chi connectivity index (χ4v) is 3.10. The Bertz CT molecular complexity index is 346. The van der Waals surface area contributed by atoms with E-state index >= 15 is 0 Å². The number of hydrogen-bond donors (Lipinski definition) is 1. The second-order valence-corrected chi connectivity index (χ2v) is 6.02. The molecule has 0 aliphatic heterocycles. The molecule has 1 nitrogen and oxygen atoms in total. The number of hydrogen-bond acceptors (Lipinski definition) is 2. The van der Waals surface area contributed by atoms with Crippen molar-refractivity contribution in [3.63, 3.8) is 0 Å². The summed E-state index contributed by atoms with van der Waals surface area (Å²) in [4.78, 5) is 1.35. The summed E-state index contributed by atoms with van der Waals surface area (Å²) in [5, 5.41) is 0. The molecular weight excluding hydrogens is 214 g/mol. The average Bonchev–Trinajstić information content (AvgIpc) is 2.93. The van der Waals surface area contributed by atoms with Crippen LogP contribution < -0.4 is 5.73 Å². The smallest absolute Gasteiger partial charge is 0.0442 e. The molecule has 0 aromatic heterocycles. The van der Waals surface area contributed by atoms with Crippen LogP contribution in [0.4, 0.5) is 0 Å². The quantitative estimate of drug-likeness (QED) is 0.786. The molecule has 0 amide bonds. The molecule has 0 radical (unpaired) electrons. The number of rotatable bonds is 5. The molecule has 0 spiro atoms. The Kier molecular flexibility index (Phi) is 3.60. The van der Waals surface area contributed by atoms with Gasteiger partial charge in [-0.1, -0.05) is 32.4 Å². The van der Waals surface area contributed by atoms with Crippen molar-refractivity contribution in [2.24, 2.45) is 11.7 Å². The minimum Gasteiger partial charge on any atom is -0.321 e. The minimum atomic E-state index is -0.00851. The van der Waals surface area contributed by atoms with Crippen molar-refractivity contribution in [1.82, 2.24) is 0 Å². The highest BCUT2D eigenvalue weighted by atomic mass is 32.2. The van der Waals surface area contributed by atoms with Crippen LogP contribution in [0.3, 0.4) is 0 Å². The molecular formula is C14H21NS. The molecule has 0 saturated heterocycles. The largest absolute Gasteiger partial charge is 0.321 e. The first-order chi connectivity index (χ1) is 7.70. The van der Waals surface area contributed by atoms with Gasteiger partial charge in [0, 0.05) is 10.4 Å². The maximum Gasteiger partial charge on any atom is 0.0442 e. The second kappa shape index (κ2) is 4.80. The third-order valence-corrected chi connectivity index (χ3v) is 4.39. The van der Waals surface area contributed by atoms with Crippen LogP contribution in [-0.4, -0.2) is 5.75 Å². The Hall–Kier alpha value is -0.470. The van der Waals surface area contributed by atoms with E-state index in [1.165, 1.54) is 29.7 Å². The maximum absolute atomic E-state index is 6.42. The Morgan fingerprint density at radius 3 is 2.56 bits per heavy atom. The number of nitrogens with two attached hydrogens (primary N) is 1. The topological polar surface area (TPSA) is 26.0 Å². The molecule has 2 atom stereocenters. The number of benzene rings is 1. The Labute approximate surface area is 103 Å². The van der Waals surface area contributed by atoms with Crippen LogP contribution in [0.5, 0.6) is 0 Å². The van der Waals surface area contributed by atoms with E-state index in [1.807, 2.05) is 11.8 Å². The van der Waals surface area contributed by atoms with Crippen molar-refractivity contribution in [2.75, 3.05) is 5.75 Å². The Balaban J connectivity index is 2.05. The summed E-state index contributed by atoms with van der Waals surface area (Å²) in [6, 6.07) is 8.85. The van der Waals surface area contributed by atoms with Crippen molar-refractivity contribution in [2.45, 2.75) is 43.5 Å². The van der Waals surface area contributed by atoms with E-state index in [2.05, 4.69) is 38.1 Å². The lowest BCUT2D eigenvalue weighted by Gasteiger charge is -2.12. The predicted molar refractivity (Wildman–Crippen MR) is 71.7 cm³/mol. The van der Waals surface area contributed by atoms with Crippen molar-refractivity contribution in [3.8, 4) is 0 Å². The first kappa shape index (κ1) is 12.0. The molecule has 1 aromatic rings. The van der Waals surface area contributed by atoms with Gasteiger partial charge in [0.05, 0.1) is 0 Å². The molecule has 1 saturated carbocycles. The molecule has 2 heteroatoms. The number of thioether (sulfide) groups is 1. The molecule has 1 aromatic carbocycles.